The fourth-order valence-corrected chi connectivity index (χ4v) is 3.19. The van der Waals surface area contributed by atoms with E-state index in [1.165, 1.54) is 16.7 Å². The van der Waals surface area contributed by atoms with Crippen LogP contribution < -0.4 is 0 Å². The van der Waals surface area contributed by atoms with Gasteiger partial charge in [0.05, 0.1) is 12.3 Å². The summed E-state index contributed by atoms with van der Waals surface area (Å²) in [6.45, 7) is 8.67. The number of hydrogen-bond donors (Lipinski definition) is 0. The summed E-state index contributed by atoms with van der Waals surface area (Å²) in [5.74, 6) is 0. The third-order valence-electron chi connectivity index (χ3n) is 5.39. The molecule has 23 heavy (non-hydrogen) atoms. The first-order chi connectivity index (χ1) is 11.0. The lowest BCUT2D eigenvalue weighted by molar-refractivity contribution is 0.186. The molecule has 124 valence electrons. The monoisotopic (exact) mass is 312 g/mol. The van der Waals surface area contributed by atoms with Crippen LogP contribution in [0.25, 0.3) is 0 Å². The van der Waals surface area contributed by atoms with Gasteiger partial charge in [0.2, 0.25) is 0 Å². The molecule has 0 saturated carbocycles. The van der Waals surface area contributed by atoms with Crippen molar-refractivity contribution in [2.45, 2.75) is 46.2 Å². The van der Waals surface area contributed by atoms with E-state index in [9.17, 15) is 0 Å². The summed E-state index contributed by atoms with van der Waals surface area (Å²) in [5, 5.41) is 0. The zero-order valence-corrected chi connectivity index (χ0v) is 14.9. The van der Waals surface area contributed by atoms with Gasteiger partial charge in [0.1, 0.15) is 0 Å². The maximum Gasteiger partial charge on any atom is 0.0978 e. The Kier molecular flexibility index (Phi) is 4.24. The largest absolute Gasteiger partial charge is 0.359 e. The van der Waals surface area contributed by atoms with E-state index >= 15 is 0 Å². The Morgan fingerprint density at radius 1 is 0.783 bits per heavy atom. The lowest BCUT2D eigenvalue weighted by atomic mass is 10.0. The Balaban J connectivity index is 1.74. The van der Waals surface area contributed by atoms with Crippen molar-refractivity contribution >= 4 is 0 Å². The molecule has 0 aliphatic carbocycles. The normalized spacial score (nSPS) is 23.5. The Bertz CT molecular complexity index is 572. The molecule has 2 aliphatic rings. The second-order valence-electron chi connectivity index (χ2n) is 6.74. The number of benzene rings is 1. The molecule has 3 rings (SSSR count). The molecule has 0 unspecified atom stereocenters. The van der Waals surface area contributed by atoms with Crippen molar-refractivity contribution in [2.24, 2.45) is 0 Å². The molecule has 2 heterocycles. The van der Waals surface area contributed by atoms with Gasteiger partial charge in [-0.25, -0.2) is 0 Å². The highest BCUT2D eigenvalue weighted by Crippen LogP contribution is 2.23. The first kappa shape index (κ1) is 15.8. The van der Waals surface area contributed by atoms with Crippen molar-refractivity contribution in [2.75, 3.05) is 14.1 Å². The average Bonchev–Trinajstić information content (AvgIpc) is 3.01. The van der Waals surface area contributed by atoms with E-state index < -0.39 is 0 Å². The highest BCUT2D eigenvalue weighted by Gasteiger charge is 2.21. The number of rotatable bonds is 4. The van der Waals surface area contributed by atoms with Gasteiger partial charge in [-0.05, 0) is 37.5 Å². The Labute approximate surface area is 140 Å². The molecule has 0 saturated heterocycles. The van der Waals surface area contributed by atoms with Crippen LogP contribution in [0.15, 0.2) is 43.0 Å². The van der Waals surface area contributed by atoms with E-state index in [1.807, 2.05) is 0 Å². The van der Waals surface area contributed by atoms with Gasteiger partial charge in [0.25, 0.3) is 0 Å². The molecule has 1 aromatic carbocycles. The summed E-state index contributed by atoms with van der Waals surface area (Å²) < 4.78 is 0. The fraction of sp³-hybridized carbons (Fsp3) is 0.474. The molecule has 0 fully saturated rings. The third kappa shape index (κ3) is 3.03. The lowest BCUT2D eigenvalue weighted by Gasteiger charge is -2.29. The van der Waals surface area contributed by atoms with Gasteiger partial charge < -0.3 is 19.6 Å². The van der Waals surface area contributed by atoms with Crippen molar-refractivity contribution in [1.82, 2.24) is 19.6 Å². The minimum absolute atomic E-state index is 0.424. The van der Waals surface area contributed by atoms with E-state index in [2.05, 4.69) is 97.5 Å². The van der Waals surface area contributed by atoms with E-state index in [0.29, 0.717) is 12.3 Å². The predicted molar refractivity (Wildman–Crippen MR) is 95.0 cm³/mol. The van der Waals surface area contributed by atoms with E-state index in [0.717, 1.165) is 13.1 Å². The number of hydrogen-bond acceptors (Lipinski definition) is 4. The van der Waals surface area contributed by atoms with Crippen LogP contribution in [0.4, 0.5) is 0 Å². The van der Waals surface area contributed by atoms with Gasteiger partial charge in [0, 0.05) is 52.0 Å². The van der Waals surface area contributed by atoms with Crippen LogP contribution in [0, 0.1) is 6.92 Å². The molecule has 4 heteroatoms. The molecule has 0 spiro atoms. The van der Waals surface area contributed by atoms with Crippen LogP contribution in [-0.4, -0.2) is 46.0 Å². The van der Waals surface area contributed by atoms with Crippen molar-refractivity contribution < 1.29 is 0 Å². The summed E-state index contributed by atoms with van der Waals surface area (Å²) in [7, 11) is 4.25. The van der Waals surface area contributed by atoms with E-state index in [4.69, 9.17) is 0 Å². The minimum atomic E-state index is 0.424. The summed E-state index contributed by atoms with van der Waals surface area (Å²) >= 11 is 0. The molecule has 0 bridgehead atoms. The highest BCUT2D eigenvalue weighted by atomic mass is 15.4. The minimum Gasteiger partial charge on any atom is -0.359 e. The average molecular weight is 312 g/mol. The summed E-state index contributed by atoms with van der Waals surface area (Å²) in [5.41, 5.74) is 4.25. The van der Waals surface area contributed by atoms with Gasteiger partial charge in [-0.15, -0.1) is 0 Å². The first-order valence-electron chi connectivity index (χ1n) is 8.36. The Morgan fingerprint density at radius 2 is 1.22 bits per heavy atom. The summed E-state index contributed by atoms with van der Waals surface area (Å²) in [6.07, 6.45) is 9.53. The van der Waals surface area contributed by atoms with E-state index in [1.54, 1.807) is 0 Å². The molecule has 4 nitrogen and oxygen atoms in total. The lowest BCUT2D eigenvalue weighted by Crippen LogP contribution is -2.34. The molecule has 0 N–H and O–H groups in total. The summed E-state index contributed by atoms with van der Waals surface area (Å²) in [6, 6.07) is 6.71. The van der Waals surface area contributed by atoms with Crippen LogP contribution in [-0.2, 0) is 13.1 Å². The molecule has 2 atom stereocenters. The SMILES string of the molecule is Cc1c(CN2C=CN(C)[C@H]2C)cccc1CN1C=CN(C)[C@@H]1C. The molecule has 0 amide bonds. The van der Waals surface area contributed by atoms with Gasteiger partial charge in [-0.2, -0.15) is 0 Å². The Hall–Kier alpha value is -2.10. The Morgan fingerprint density at radius 3 is 1.57 bits per heavy atom. The zero-order valence-electron chi connectivity index (χ0n) is 14.9. The molecule has 0 radical (unpaired) electrons. The van der Waals surface area contributed by atoms with Gasteiger partial charge in [-0.3, -0.25) is 0 Å². The second kappa shape index (κ2) is 6.19. The highest BCUT2D eigenvalue weighted by molar-refractivity contribution is 5.34. The number of nitrogens with zero attached hydrogens (tertiary/aromatic N) is 4. The van der Waals surface area contributed by atoms with Crippen LogP contribution >= 0.6 is 0 Å². The standard InChI is InChI=1S/C19H28N4/c1-15-18(13-22-11-9-20(4)16(22)2)7-6-8-19(15)14-23-12-10-21(5)17(23)3/h6-12,16-17H,13-14H2,1-5H3/t16-,17+. The van der Waals surface area contributed by atoms with Crippen LogP contribution in [0.3, 0.4) is 0 Å². The van der Waals surface area contributed by atoms with E-state index in [-0.39, 0.29) is 0 Å². The predicted octanol–water partition coefficient (Wildman–Crippen LogP) is 3.12. The van der Waals surface area contributed by atoms with Gasteiger partial charge >= 0.3 is 0 Å². The van der Waals surface area contributed by atoms with Crippen molar-refractivity contribution in [3.63, 3.8) is 0 Å². The molecular formula is C19H28N4. The molecule has 0 aromatic heterocycles. The van der Waals surface area contributed by atoms with Crippen LogP contribution in [0.1, 0.15) is 30.5 Å². The fourth-order valence-electron chi connectivity index (χ4n) is 3.19. The van der Waals surface area contributed by atoms with Crippen LogP contribution in [0.2, 0.25) is 0 Å². The smallest absolute Gasteiger partial charge is 0.0978 e. The second-order valence-corrected chi connectivity index (χ2v) is 6.74. The molecule has 2 aliphatic heterocycles. The third-order valence-corrected chi connectivity index (χ3v) is 5.39. The quantitative estimate of drug-likeness (QED) is 0.847. The maximum atomic E-state index is 2.39. The van der Waals surface area contributed by atoms with Crippen molar-refractivity contribution in [1.29, 1.82) is 0 Å². The zero-order chi connectivity index (χ0) is 16.6. The molecule has 1 aromatic rings. The van der Waals surface area contributed by atoms with Gasteiger partial charge in [-0.1, -0.05) is 18.2 Å². The maximum absolute atomic E-state index is 2.39. The van der Waals surface area contributed by atoms with Gasteiger partial charge in [0.15, 0.2) is 0 Å². The van der Waals surface area contributed by atoms with Crippen molar-refractivity contribution in [3.8, 4) is 0 Å². The first-order valence-corrected chi connectivity index (χ1v) is 8.36. The molecular weight excluding hydrogens is 284 g/mol. The topological polar surface area (TPSA) is 13.0 Å². The summed E-state index contributed by atoms with van der Waals surface area (Å²) in [4.78, 5) is 9.26. The van der Waals surface area contributed by atoms with Crippen LogP contribution in [0.5, 0.6) is 0 Å². The van der Waals surface area contributed by atoms with Crippen molar-refractivity contribution in [3.05, 3.63) is 59.7 Å².